The molecule has 14 heavy (non-hydrogen) atoms. The molecule has 5 heteroatoms. The minimum absolute atomic E-state index is 0.211. The fourth-order valence-electron chi connectivity index (χ4n) is 1.05. The van der Waals surface area contributed by atoms with Crippen LogP contribution in [0.1, 0.15) is 0 Å². The summed E-state index contributed by atoms with van der Waals surface area (Å²) < 4.78 is 0.878. The lowest BCUT2D eigenvalue weighted by atomic mass is 10.2. The summed E-state index contributed by atoms with van der Waals surface area (Å²) in [6.45, 7) is 0. The number of rotatable bonds is 1. The minimum atomic E-state index is -0.211. The average molecular weight is 252 g/mol. The van der Waals surface area contributed by atoms with Crippen LogP contribution in [0.25, 0.3) is 11.3 Å². The Morgan fingerprint density at radius 2 is 2.14 bits per heavy atom. The van der Waals surface area contributed by atoms with Crippen molar-refractivity contribution in [3.8, 4) is 11.3 Å². The second-order valence-corrected chi connectivity index (χ2v) is 3.60. The first-order valence-corrected chi connectivity index (χ1v) is 4.71. The molecule has 0 amide bonds. The van der Waals surface area contributed by atoms with Crippen LogP contribution in [-0.4, -0.2) is 15.0 Å². The fraction of sp³-hybridized carbons (Fsp3) is 0. The van der Waals surface area contributed by atoms with E-state index in [-0.39, 0.29) is 5.56 Å². The maximum absolute atomic E-state index is 10.8. The molecular weight excluding hydrogens is 246 g/mol. The summed E-state index contributed by atoms with van der Waals surface area (Å²) in [6.07, 6.45) is 6.18. The molecule has 4 nitrogen and oxygen atoms in total. The van der Waals surface area contributed by atoms with Crippen molar-refractivity contribution in [2.75, 3.05) is 0 Å². The Labute approximate surface area is 88.2 Å². The van der Waals surface area contributed by atoms with Gasteiger partial charge in [0.25, 0.3) is 5.56 Å². The van der Waals surface area contributed by atoms with Crippen LogP contribution in [0.2, 0.25) is 0 Å². The summed E-state index contributed by atoms with van der Waals surface area (Å²) in [5.41, 5.74) is 1.34. The second kappa shape index (κ2) is 3.71. The molecule has 0 saturated carbocycles. The predicted molar refractivity (Wildman–Crippen MR) is 55.8 cm³/mol. The zero-order chi connectivity index (χ0) is 9.97. The summed E-state index contributed by atoms with van der Waals surface area (Å²) in [7, 11) is 0. The monoisotopic (exact) mass is 251 g/mol. The van der Waals surface area contributed by atoms with E-state index in [1.807, 2.05) is 6.07 Å². The normalized spacial score (nSPS) is 10.1. The van der Waals surface area contributed by atoms with E-state index < -0.39 is 0 Å². The Balaban J connectivity index is 2.49. The lowest BCUT2D eigenvalue weighted by molar-refractivity contribution is 1.14. The number of nitrogens with one attached hydrogen (secondary N) is 1. The van der Waals surface area contributed by atoms with Crippen molar-refractivity contribution in [3.05, 3.63) is 45.7 Å². The average Bonchev–Trinajstić information content (AvgIpc) is 2.19. The maximum atomic E-state index is 10.8. The fourth-order valence-corrected chi connectivity index (χ4v) is 1.42. The lowest BCUT2D eigenvalue weighted by Crippen LogP contribution is -2.04. The molecule has 0 aliphatic carbocycles. The molecule has 2 heterocycles. The van der Waals surface area contributed by atoms with Crippen LogP contribution in [0, 0.1) is 0 Å². The van der Waals surface area contributed by atoms with Gasteiger partial charge in [0, 0.05) is 28.6 Å². The highest BCUT2D eigenvalue weighted by Crippen LogP contribution is 2.17. The number of hydrogen-bond acceptors (Lipinski definition) is 3. The molecule has 0 radical (unpaired) electrons. The highest BCUT2D eigenvalue weighted by atomic mass is 79.9. The van der Waals surface area contributed by atoms with Gasteiger partial charge in [-0.1, -0.05) is 0 Å². The molecule has 70 valence electrons. The van der Waals surface area contributed by atoms with E-state index in [1.54, 1.807) is 18.6 Å². The van der Waals surface area contributed by atoms with Gasteiger partial charge in [-0.15, -0.1) is 0 Å². The molecule has 0 aromatic carbocycles. The van der Waals surface area contributed by atoms with Gasteiger partial charge in [0.2, 0.25) is 0 Å². The number of halogens is 1. The van der Waals surface area contributed by atoms with Gasteiger partial charge in [0.15, 0.2) is 0 Å². The molecule has 2 rings (SSSR count). The van der Waals surface area contributed by atoms with Crippen molar-refractivity contribution in [1.82, 2.24) is 15.0 Å². The van der Waals surface area contributed by atoms with Crippen LogP contribution >= 0.6 is 15.9 Å². The van der Waals surface area contributed by atoms with Gasteiger partial charge in [-0.25, -0.2) is 4.98 Å². The van der Waals surface area contributed by atoms with E-state index in [0.717, 1.165) is 10.0 Å². The zero-order valence-corrected chi connectivity index (χ0v) is 8.65. The van der Waals surface area contributed by atoms with Crippen molar-refractivity contribution in [2.45, 2.75) is 0 Å². The standard InChI is InChI=1S/C9H6BrN3O/c10-7-1-6(2-11-3-7)8-4-13-9(14)5-12-8/h1-5H,(H,13,14). The molecule has 0 saturated heterocycles. The summed E-state index contributed by atoms with van der Waals surface area (Å²) in [6, 6.07) is 1.88. The minimum Gasteiger partial charge on any atom is -0.326 e. The molecule has 2 aromatic rings. The number of aromatic amines is 1. The molecule has 0 aliphatic rings. The number of H-pyrrole nitrogens is 1. The smallest absolute Gasteiger partial charge is 0.266 e. The Kier molecular flexibility index (Phi) is 2.41. The Morgan fingerprint density at radius 1 is 1.29 bits per heavy atom. The number of nitrogens with zero attached hydrogens (tertiary/aromatic N) is 2. The third kappa shape index (κ3) is 1.88. The molecule has 0 unspecified atom stereocenters. The van der Waals surface area contributed by atoms with Crippen molar-refractivity contribution >= 4 is 15.9 Å². The Hall–Kier alpha value is -1.49. The molecule has 0 aliphatic heterocycles. The van der Waals surface area contributed by atoms with Crippen molar-refractivity contribution in [2.24, 2.45) is 0 Å². The summed E-state index contributed by atoms with van der Waals surface area (Å²) in [5, 5.41) is 0. The maximum Gasteiger partial charge on any atom is 0.266 e. The predicted octanol–water partition coefficient (Wildman–Crippen LogP) is 1.59. The molecule has 0 fully saturated rings. The van der Waals surface area contributed by atoms with Gasteiger partial charge in [0.1, 0.15) is 0 Å². The lowest BCUT2D eigenvalue weighted by Gasteiger charge is -1.98. The molecular formula is C9H6BrN3O. The first-order chi connectivity index (χ1) is 6.75. The largest absolute Gasteiger partial charge is 0.326 e. The molecule has 0 spiro atoms. The van der Waals surface area contributed by atoms with Crippen molar-refractivity contribution in [3.63, 3.8) is 0 Å². The van der Waals surface area contributed by atoms with Gasteiger partial charge >= 0.3 is 0 Å². The zero-order valence-electron chi connectivity index (χ0n) is 7.07. The Morgan fingerprint density at radius 3 is 2.79 bits per heavy atom. The van der Waals surface area contributed by atoms with E-state index in [0.29, 0.717) is 5.69 Å². The van der Waals surface area contributed by atoms with Crippen LogP contribution in [0.3, 0.4) is 0 Å². The van der Waals surface area contributed by atoms with Crippen LogP contribution in [-0.2, 0) is 0 Å². The first kappa shape index (κ1) is 9.08. The van der Waals surface area contributed by atoms with Crippen LogP contribution in [0.4, 0.5) is 0 Å². The summed E-state index contributed by atoms with van der Waals surface area (Å²) in [5.74, 6) is 0. The van der Waals surface area contributed by atoms with E-state index >= 15 is 0 Å². The molecule has 0 atom stereocenters. The summed E-state index contributed by atoms with van der Waals surface area (Å²) >= 11 is 3.31. The highest BCUT2D eigenvalue weighted by molar-refractivity contribution is 9.10. The molecule has 1 N–H and O–H groups in total. The Bertz CT molecular complexity index is 489. The third-order valence-corrected chi connectivity index (χ3v) is 2.11. The molecule has 2 aromatic heterocycles. The second-order valence-electron chi connectivity index (χ2n) is 2.69. The SMILES string of the molecule is O=c1cnc(-c2cncc(Br)c2)c[nH]1. The van der Waals surface area contributed by atoms with Crippen molar-refractivity contribution < 1.29 is 0 Å². The van der Waals surface area contributed by atoms with Crippen LogP contribution < -0.4 is 5.56 Å². The quantitative estimate of drug-likeness (QED) is 0.838. The first-order valence-electron chi connectivity index (χ1n) is 3.91. The van der Waals surface area contributed by atoms with Crippen LogP contribution in [0.15, 0.2) is 40.1 Å². The van der Waals surface area contributed by atoms with E-state index in [4.69, 9.17) is 0 Å². The van der Waals surface area contributed by atoms with E-state index in [1.165, 1.54) is 6.20 Å². The van der Waals surface area contributed by atoms with Gasteiger partial charge in [-0.05, 0) is 22.0 Å². The highest BCUT2D eigenvalue weighted by Gasteiger charge is 1.99. The van der Waals surface area contributed by atoms with Gasteiger partial charge < -0.3 is 4.98 Å². The van der Waals surface area contributed by atoms with Crippen LogP contribution in [0.5, 0.6) is 0 Å². The number of hydrogen-bond donors (Lipinski definition) is 1. The van der Waals surface area contributed by atoms with Crippen molar-refractivity contribution in [1.29, 1.82) is 0 Å². The van der Waals surface area contributed by atoms with Gasteiger partial charge in [0.05, 0.1) is 11.9 Å². The van der Waals surface area contributed by atoms with Gasteiger partial charge in [-0.2, -0.15) is 0 Å². The number of pyridine rings is 1. The summed E-state index contributed by atoms with van der Waals surface area (Å²) in [4.78, 5) is 21.3. The third-order valence-electron chi connectivity index (χ3n) is 1.67. The van der Waals surface area contributed by atoms with E-state index in [2.05, 4.69) is 30.9 Å². The molecule has 0 bridgehead atoms. The number of aromatic nitrogens is 3. The van der Waals surface area contributed by atoms with Gasteiger partial charge in [-0.3, -0.25) is 9.78 Å². The topological polar surface area (TPSA) is 58.6 Å². The van der Waals surface area contributed by atoms with E-state index in [9.17, 15) is 4.79 Å².